The lowest BCUT2D eigenvalue weighted by atomic mass is 9.68. The number of rotatable bonds is 6. The van der Waals surface area contributed by atoms with Crippen molar-refractivity contribution >= 4 is 39.0 Å². The van der Waals surface area contributed by atoms with E-state index in [0.29, 0.717) is 0 Å². The van der Waals surface area contributed by atoms with Crippen LogP contribution < -0.4 is 4.90 Å². The molecule has 7 aromatic carbocycles. The van der Waals surface area contributed by atoms with E-state index in [2.05, 4.69) is 195 Å². The van der Waals surface area contributed by atoms with Crippen molar-refractivity contribution in [2.24, 2.45) is 0 Å². The lowest BCUT2D eigenvalue weighted by Crippen LogP contribution is -2.23. The highest BCUT2D eigenvalue weighted by Crippen LogP contribution is 2.49. The largest absolute Gasteiger partial charge is 0.311 e. The van der Waals surface area contributed by atoms with Crippen LogP contribution in [0.3, 0.4) is 0 Å². The first-order valence-corrected chi connectivity index (χ1v) is 17.7. The summed E-state index contributed by atoms with van der Waals surface area (Å²) in [4.78, 5) is 2.34. The van der Waals surface area contributed by atoms with E-state index in [4.69, 9.17) is 0 Å². The molecule has 1 heteroatoms. The molecular weight excluding hydrogens is 603 g/mol. The molecule has 0 saturated heterocycles. The second kappa shape index (κ2) is 12.2. The van der Waals surface area contributed by atoms with E-state index in [-0.39, 0.29) is 5.41 Å². The van der Waals surface area contributed by atoms with Crippen molar-refractivity contribution in [3.05, 3.63) is 198 Å². The average Bonchev–Trinajstić information content (AvgIpc) is 3.18. The standard InChI is InChI=1S/C49H39N/c1-49(2)46-32-27-40(33-45(46)44-17-9-13-39-14-10-18-47(49)48(39)44)38-21-19-35(20-22-38)37-25-30-43(31-26-37)50(41-15-7-4-8-16-41)42-28-23-36(24-29-42)34-11-5-3-6-12-34/h3-19,21,23-33H,20,22H2,1-2H3. The molecule has 0 unspecified atom stereocenters. The first kappa shape index (κ1) is 30.2. The predicted molar refractivity (Wildman–Crippen MR) is 213 cm³/mol. The van der Waals surface area contributed by atoms with E-state index < -0.39 is 0 Å². The highest BCUT2D eigenvalue weighted by atomic mass is 15.1. The molecule has 9 rings (SSSR count). The molecule has 0 heterocycles. The van der Waals surface area contributed by atoms with Gasteiger partial charge in [-0.05, 0) is 122 Å². The Bertz CT molecular complexity index is 2410. The van der Waals surface area contributed by atoms with E-state index in [9.17, 15) is 0 Å². The van der Waals surface area contributed by atoms with Crippen LogP contribution in [0.4, 0.5) is 17.1 Å². The summed E-state index contributed by atoms with van der Waals surface area (Å²) < 4.78 is 0. The third-order valence-electron chi connectivity index (χ3n) is 10.8. The lowest BCUT2D eigenvalue weighted by Gasteiger charge is -2.35. The summed E-state index contributed by atoms with van der Waals surface area (Å²) in [5.41, 5.74) is 16.8. The van der Waals surface area contributed by atoms with Gasteiger partial charge in [0, 0.05) is 22.5 Å². The molecule has 0 N–H and O–H groups in total. The van der Waals surface area contributed by atoms with Gasteiger partial charge in [0.15, 0.2) is 0 Å². The van der Waals surface area contributed by atoms with E-state index in [1.54, 1.807) is 0 Å². The van der Waals surface area contributed by atoms with Gasteiger partial charge in [-0.1, -0.05) is 147 Å². The van der Waals surface area contributed by atoms with Crippen molar-refractivity contribution in [1.82, 2.24) is 0 Å². The highest BCUT2D eigenvalue weighted by molar-refractivity contribution is 6.03. The summed E-state index contributed by atoms with van der Waals surface area (Å²) in [6, 6.07) is 59.9. The van der Waals surface area contributed by atoms with Gasteiger partial charge in [0.05, 0.1) is 0 Å². The topological polar surface area (TPSA) is 3.24 Å². The van der Waals surface area contributed by atoms with Gasteiger partial charge in [-0.15, -0.1) is 0 Å². The maximum absolute atomic E-state index is 2.45. The zero-order valence-electron chi connectivity index (χ0n) is 28.6. The molecule has 0 bridgehead atoms. The van der Waals surface area contributed by atoms with Gasteiger partial charge in [0.2, 0.25) is 0 Å². The Balaban J connectivity index is 1.01. The molecule has 0 fully saturated rings. The number of allylic oxidation sites excluding steroid dienone is 4. The van der Waals surface area contributed by atoms with Crippen molar-refractivity contribution in [2.75, 3.05) is 4.90 Å². The van der Waals surface area contributed by atoms with Gasteiger partial charge < -0.3 is 4.90 Å². The molecule has 0 aromatic heterocycles. The molecule has 7 aromatic rings. The minimum absolute atomic E-state index is 0.0381. The second-order valence-electron chi connectivity index (χ2n) is 14.1. The fourth-order valence-electron chi connectivity index (χ4n) is 8.14. The van der Waals surface area contributed by atoms with E-state index in [0.717, 1.165) is 29.9 Å². The van der Waals surface area contributed by atoms with Gasteiger partial charge >= 0.3 is 0 Å². The first-order chi connectivity index (χ1) is 24.5. The fraction of sp³-hybridized carbons (Fsp3) is 0.102. The van der Waals surface area contributed by atoms with Crippen LogP contribution in [0, 0.1) is 0 Å². The lowest BCUT2D eigenvalue weighted by molar-refractivity contribution is 0.645. The number of benzene rings is 7. The third-order valence-corrected chi connectivity index (χ3v) is 10.8. The average molecular weight is 642 g/mol. The van der Waals surface area contributed by atoms with Crippen LogP contribution in [0.25, 0.3) is 44.2 Å². The Morgan fingerprint density at radius 2 is 0.960 bits per heavy atom. The third kappa shape index (κ3) is 5.18. The van der Waals surface area contributed by atoms with Crippen molar-refractivity contribution in [2.45, 2.75) is 32.1 Å². The summed E-state index contributed by atoms with van der Waals surface area (Å²) in [6.45, 7) is 4.74. The molecular formula is C49H39N. The Morgan fingerprint density at radius 3 is 1.62 bits per heavy atom. The summed E-state index contributed by atoms with van der Waals surface area (Å²) in [7, 11) is 0. The molecule has 0 spiro atoms. The minimum Gasteiger partial charge on any atom is -0.311 e. The molecule has 0 atom stereocenters. The quantitative estimate of drug-likeness (QED) is 0.175. The molecule has 240 valence electrons. The number of anilines is 3. The second-order valence-corrected chi connectivity index (χ2v) is 14.1. The van der Waals surface area contributed by atoms with Crippen molar-refractivity contribution in [3.63, 3.8) is 0 Å². The van der Waals surface area contributed by atoms with Crippen LogP contribution in [-0.4, -0.2) is 0 Å². The van der Waals surface area contributed by atoms with Gasteiger partial charge in [-0.25, -0.2) is 0 Å². The van der Waals surface area contributed by atoms with Gasteiger partial charge in [0.1, 0.15) is 0 Å². The van der Waals surface area contributed by atoms with Gasteiger partial charge in [0.25, 0.3) is 0 Å². The van der Waals surface area contributed by atoms with Crippen LogP contribution in [0.1, 0.15) is 48.9 Å². The van der Waals surface area contributed by atoms with E-state index in [1.165, 1.54) is 66.4 Å². The monoisotopic (exact) mass is 641 g/mol. The number of para-hydroxylation sites is 1. The van der Waals surface area contributed by atoms with Gasteiger partial charge in [-0.2, -0.15) is 0 Å². The molecule has 2 aliphatic rings. The van der Waals surface area contributed by atoms with E-state index >= 15 is 0 Å². The van der Waals surface area contributed by atoms with Crippen molar-refractivity contribution in [3.8, 4) is 22.3 Å². The Kier molecular flexibility index (Phi) is 7.36. The molecule has 2 aliphatic carbocycles. The molecule has 0 radical (unpaired) electrons. The molecule has 50 heavy (non-hydrogen) atoms. The van der Waals surface area contributed by atoms with E-state index in [1.807, 2.05) is 0 Å². The molecule has 0 aliphatic heterocycles. The highest BCUT2D eigenvalue weighted by Gasteiger charge is 2.33. The van der Waals surface area contributed by atoms with Crippen LogP contribution in [-0.2, 0) is 5.41 Å². The number of fused-ring (bicyclic) bond motifs is 2. The Morgan fingerprint density at radius 1 is 0.420 bits per heavy atom. The zero-order valence-corrected chi connectivity index (χ0v) is 28.6. The predicted octanol–water partition coefficient (Wildman–Crippen LogP) is 13.5. The first-order valence-electron chi connectivity index (χ1n) is 17.7. The summed E-state index contributed by atoms with van der Waals surface area (Å²) in [6.07, 6.45) is 6.74. The zero-order chi connectivity index (χ0) is 33.7. The maximum Gasteiger partial charge on any atom is 0.0462 e. The van der Waals surface area contributed by atoms with Crippen LogP contribution in [0.15, 0.2) is 176 Å². The Hall–Kier alpha value is -5.92. The van der Waals surface area contributed by atoms with Crippen LogP contribution >= 0.6 is 0 Å². The van der Waals surface area contributed by atoms with Gasteiger partial charge in [-0.3, -0.25) is 0 Å². The number of hydrogen-bond donors (Lipinski definition) is 0. The maximum atomic E-state index is 2.45. The van der Waals surface area contributed by atoms with Crippen LogP contribution in [0.2, 0.25) is 0 Å². The number of hydrogen-bond acceptors (Lipinski definition) is 1. The Labute approximate surface area is 295 Å². The normalized spacial score (nSPS) is 14.4. The summed E-state index contributed by atoms with van der Waals surface area (Å²) >= 11 is 0. The van der Waals surface area contributed by atoms with Crippen molar-refractivity contribution < 1.29 is 0 Å². The fourth-order valence-corrected chi connectivity index (χ4v) is 8.14. The molecule has 1 nitrogen and oxygen atoms in total. The number of nitrogens with zero attached hydrogens (tertiary/aromatic N) is 1. The van der Waals surface area contributed by atoms with Crippen molar-refractivity contribution in [1.29, 1.82) is 0 Å². The SMILES string of the molecule is CC1(C)c2ccc(C3=CC=C(c4ccc(N(c5ccccc5)c5ccc(-c6ccccc6)cc5)cc4)CC3)cc2-c2cccc3cccc1c23. The smallest absolute Gasteiger partial charge is 0.0462 e. The van der Waals surface area contributed by atoms with Crippen LogP contribution in [0.5, 0.6) is 0 Å². The minimum atomic E-state index is -0.0381. The summed E-state index contributed by atoms with van der Waals surface area (Å²) in [5, 5.41) is 2.73. The molecule has 0 amide bonds. The molecule has 0 saturated carbocycles. The summed E-state index contributed by atoms with van der Waals surface area (Å²) in [5.74, 6) is 0.